The molecule has 1 aromatic carbocycles. The average molecular weight is 309 g/mol. The number of rotatable bonds is 4. The number of aromatic carboxylic acids is 1. The Bertz CT molecular complexity index is 815. The van der Waals surface area contributed by atoms with Crippen molar-refractivity contribution >= 4 is 29.5 Å². The van der Waals surface area contributed by atoms with Gasteiger partial charge < -0.3 is 5.11 Å². The Hall–Kier alpha value is -2.86. The van der Waals surface area contributed by atoms with Crippen molar-refractivity contribution in [3.63, 3.8) is 0 Å². The topological polar surface area (TPSA) is 76.0 Å². The minimum atomic E-state index is -1.05. The molecule has 6 heteroatoms. The van der Waals surface area contributed by atoms with E-state index in [4.69, 9.17) is 0 Å². The summed E-state index contributed by atoms with van der Waals surface area (Å²) in [5.74, 6) is -0.557. The molecule has 2 aromatic heterocycles. The first kappa shape index (κ1) is 14.1. The molecular weight excluding hydrogens is 298 g/mol. The number of benzene rings is 1. The highest BCUT2D eigenvalue weighted by atomic mass is 32.1. The fraction of sp³-hybridized carbons (Fsp3) is 0. The van der Waals surface area contributed by atoms with Gasteiger partial charge in [0.15, 0.2) is 5.82 Å². The molecule has 0 amide bonds. The van der Waals surface area contributed by atoms with Crippen LogP contribution in [-0.4, -0.2) is 26.0 Å². The van der Waals surface area contributed by atoms with Gasteiger partial charge in [0.05, 0.1) is 11.2 Å². The van der Waals surface area contributed by atoms with Crippen LogP contribution in [0.2, 0.25) is 0 Å². The van der Waals surface area contributed by atoms with Gasteiger partial charge >= 0.3 is 5.97 Å². The molecule has 0 atom stereocenters. The quantitative estimate of drug-likeness (QED) is 0.798. The number of carboxylic acids is 1. The molecule has 1 N–H and O–H groups in total. The number of nitrogens with zero attached hydrogens (tertiary/aromatic N) is 3. The largest absolute Gasteiger partial charge is 0.478 e. The Kier molecular flexibility index (Phi) is 4.02. The van der Waals surface area contributed by atoms with E-state index in [1.165, 1.54) is 17.5 Å². The highest BCUT2D eigenvalue weighted by Gasteiger charge is 2.12. The van der Waals surface area contributed by atoms with Gasteiger partial charge in [-0.3, -0.25) is 4.98 Å². The molecule has 0 radical (unpaired) electrons. The van der Waals surface area contributed by atoms with Gasteiger partial charge in [0.2, 0.25) is 0 Å². The zero-order valence-electron chi connectivity index (χ0n) is 11.4. The highest BCUT2D eigenvalue weighted by Crippen LogP contribution is 2.18. The van der Waals surface area contributed by atoms with Crippen LogP contribution in [0.25, 0.3) is 23.5 Å². The van der Waals surface area contributed by atoms with E-state index in [9.17, 15) is 9.90 Å². The lowest BCUT2D eigenvalue weighted by Gasteiger charge is -2.04. The Labute approximate surface area is 130 Å². The van der Waals surface area contributed by atoms with Crippen LogP contribution in [0.1, 0.15) is 20.9 Å². The molecule has 0 aliphatic carbocycles. The van der Waals surface area contributed by atoms with Crippen LogP contribution in [0, 0.1) is 0 Å². The first-order valence-electron chi connectivity index (χ1n) is 6.46. The molecule has 3 aromatic rings. The van der Waals surface area contributed by atoms with Gasteiger partial charge in [-0.2, -0.15) is 0 Å². The van der Waals surface area contributed by atoms with E-state index in [0.717, 1.165) is 10.4 Å². The lowest BCUT2D eigenvalue weighted by molar-refractivity contribution is 0.0695. The Morgan fingerprint density at radius 3 is 2.64 bits per heavy atom. The van der Waals surface area contributed by atoms with Crippen molar-refractivity contribution in [2.75, 3.05) is 0 Å². The summed E-state index contributed by atoms with van der Waals surface area (Å²) in [6.07, 6.45) is 6.51. The molecule has 0 unspecified atom stereocenters. The van der Waals surface area contributed by atoms with Crippen molar-refractivity contribution in [2.45, 2.75) is 0 Å². The van der Waals surface area contributed by atoms with E-state index in [0.29, 0.717) is 11.5 Å². The first-order valence-corrected chi connectivity index (χ1v) is 7.34. The molecule has 0 saturated carbocycles. The molecule has 0 spiro atoms. The van der Waals surface area contributed by atoms with Gasteiger partial charge in [-0.05, 0) is 12.2 Å². The third-order valence-corrected chi connectivity index (χ3v) is 3.68. The average Bonchev–Trinajstić information content (AvgIpc) is 3.07. The first-order chi connectivity index (χ1) is 10.7. The monoisotopic (exact) mass is 309 g/mol. The van der Waals surface area contributed by atoms with Crippen LogP contribution in [0.4, 0.5) is 0 Å². The molecule has 0 saturated heterocycles. The van der Waals surface area contributed by atoms with Crippen LogP contribution in [0.3, 0.4) is 0 Å². The molecule has 108 valence electrons. The number of carboxylic acid groups (broad SMARTS) is 1. The number of thiazole rings is 1. The van der Waals surface area contributed by atoms with E-state index < -0.39 is 5.97 Å². The molecular formula is C16H11N3O2S. The third kappa shape index (κ3) is 3.07. The predicted molar refractivity (Wildman–Crippen MR) is 85.5 cm³/mol. The maximum atomic E-state index is 11.3. The molecule has 5 nitrogen and oxygen atoms in total. The molecule has 0 fully saturated rings. The number of hydrogen-bond donors (Lipinski definition) is 1. The van der Waals surface area contributed by atoms with E-state index >= 15 is 0 Å². The zero-order valence-corrected chi connectivity index (χ0v) is 12.2. The summed E-state index contributed by atoms with van der Waals surface area (Å²) < 4.78 is 0. The Balaban J connectivity index is 2.03. The molecule has 2 heterocycles. The second-order valence-electron chi connectivity index (χ2n) is 4.40. The Morgan fingerprint density at radius 1 is 1.14 bits per heavy atom. The SMILES string of the molecule is O=C(O)c1cnc(-c2ccccc2)nc1/C=C/c1cncs1. The molecule has 0 aliphatic heterocycles. The van der Waals surface area contributed by atoms with Crippen LogP contribution in [-0.2, 0) is 0 Å². The Morgan fingerprint density at radius 2 is 1.95 bits per heavy atom. The van der Waals surface area contributed by atoms with E-state index in [-0.39, 0.29) is 5.56 Å². The summed E-state index contributed by atoms with van der Waals surface area (Å²) in [4.78, 5) is 24.7. The van der Waals surface area contributed by atoms with Crippen LogP contribution < -0.4 is 0 Å². The summed E-state index contributed by atoms with van der Waals surface area (Å²) in [6.45, 7) is 0. The lowest BCUT2D eigenvalue weighted by atomic mass is 10.1. The fourth-order valence-corrected chi connectivity index (χ4v) is 2.39. The summed E-state index contributed by atoms with van der Waals surface area (Å²) >= 11 is 1.47. The van der Waals surface area contributed by atoms with Gasteiger partial charge in [0.1, 0.15) is 5.56 Å². The third-order valence-electron chi connectivity index (χ3n) is 2.94. The zero-order chi connectivity index (χ0) is 15.4. The molecule has 0 bridgehead atoms. The van der Waals surface area contributed by atoms with Crippen molar-refractivity contribution < 1.29 is 9.90 Å². The van der Waals surface area contributed by atoms with Gasteiger partial charge in [-0.15, -0.1) is 11.3 Å². The number of aromatic nitrogens is 3. The van der Waals surface area contributed by atoms with Crippen molar-refractivity contribution in [2.24, 2.45) is 0 Å². The maximum absolute atomic E-state index is 11.3. The highest BCUT2D eigenvalue weighted by molar-refractivity contribution is 7.10. The molecule has 3 rings (SSSR count). The van der Waals surface area contributed by atoms with Gasteiger partial charge in [-0.25, -0.2) is 14.8 Å². The predicted octanol–water partition coefficient (Wildman–Crippen LogP) is 3.47. The summed E-state index contributed by atoms with van der Waals surface area (Å²) in [7, 11) is 0. The van der Waals surface area contributed by atoms with Crippen molar-refractivity contribution in [1.29, 1.82) is 0 Å². The van der Waals surface area contributed by atoms with Gasteiger partial charge in [-0.1, -0.05) is 30.3 Å². The lowest BCUT2D eigenvalue weighted by Crippen LogP contribution is -2.04. The minimum Gasteiger partial charge on any atom is -0.478 e. The second-order valence-corrected chi connectivity index (χ2v) is 5.32. The number of hydrogen-bond acceptors (Lipinski definition) is 5. The molecule has 0 aliphatic rings. The van der Waals surface area contributed by atoms with Gasteiger partial charge in [0.25, 0.3) is 0 Å². The summed E-state index contributed by atoms with van der Waals surface area (Å²) in [5, 5.41) is 9.26. The summed E-state index contributed by atoms with van der Waals surface area (Å²) in [5.41, 5.74) is 3.00. The van der Waals surface area contributed by atoms with Crippen molar-refractivity contribution in [1.82, 2.24) is 15.0 Å². The normalized spacial score (nSPS) is 10.9. The summed E-state index contributed by atoms with van der Waals surface area (Å²) in [6, 6.07) is 9.44. The van der Waals surface area contributed by atoms with E-state index in [2.05, 4.69) is 15.0 Å². The van der Waals surface area contributed by atoms with Crippen LogP contribution in [0.15, 0.2) is 48.2 Å². The van der Waals surface area contributed by atoms with Crippen LogP contribution in [0.5, 0.6) is 0 Å². The van der Waals surface area contributed by atoms with E-state index in [1.807, 2.05) is 30.3 Å². The second kappa shape index (κ2) is 6.28. The molecule has 22 heavy (non-hydrogen) atoms. The van der Waals surface area contributed by atoms with Crippen molar-refractivity contribution in [3.05, 3.63) is 64.4 Å². The smallest absolute Gasteiger partial charge is 0.339 e. The fourth-order valence-electron chi connectivity index (χ4n) is 1.88. The number of carbonyl (C=O) groups is 1. The van der Waals surface area contributed by atoms with Crippen LogP contribution >= 0.6 is 11.3 Å². The maximum Gasteiger partial charge on any atom is 0.339 e. The standard InChI is InChI=1S/C16H11N3O2S/c20-16(21)13-9-18-15(11-4-2-1-3-5-11)19-14(13)7-6-12-8-17-10-22-12/h1-10H,(H,20,21)/b7-6+. The van der Waals surface area contributed by atoms with Gasteiger partial charge in [0, 0.05) is 22.8 Å². The van der Waals surface area contributed by atoms with E-state index in [1.54, 1.807) is 23.9 Å². The minimum absolute atomic E-state index is 0.0699. The van der Waals surface area contributed by atoms with Crippen molar-refractivity contribution in [3.8, 4) is 11.4 Å².